The number of sulfonamides is 1. The lowest BCUT2D eigenvalue weighted by Gasteiger charge is -2.10. The summed E-state index contributed by atoms with van der Waals surface area (Å²) in [5, 5.41) is 2.70. The van der Waals surface area contributed by atoms with Gasteiger partial charge in [-0.3, -0.25) is 4.79 Å². The highest BCUT2D eigenvalue weighted by molar-refractivity contribution is 7.89. The second kappa shape index (κ2) is 7.85. The van der Waals surface area contributed by atoms with Gasteiger partial charge in [0.15, 0.2) is 11.5 Å². The Labute approximate surface area is 157 Å². The van der Waals surface area contributed by atoms with Gasteiger partial charge in [-0.05, 0) is 42.8 Å². The van der Waals surface area contributed by atoms with Crippen molar-refractivity contribution in [2.45, 2.75) is 18.2 Å². The summed E-state index contributed by atoms with van der Waals surface area (Å²) in [5.74, 6) is 1.47. The standard InChI is InChI=1S/C18H20N2O6S/c1-12-9-14(4-6-15(12)24-2)27(22,23)19-8-7-18(21)20-13-3-5-16-17(10-13)26-11-25-16/h3-6,9-10,19H,7-8,11H2,1-2H3,(H,20,21). The molecule has 1 aliphatic heterocycles. The fraction of sp³-hybridized carbons (Fsp3) is 0.278. The number of amides is 1. The summed E-state index contributed by atoms with van der Waals surface area (Å²) < 4.78 is 42.7. The molecule has 0 fully saturated rings. The van der Waals surface area contributed by atoms with Crippen molar-refractivity contribution < 1.29 is 27.4 Å². The quantitative estimate of drug-likeness (QED) is 0.748. The van der Waals surface area contributed by atoms with Gasteiger partial charge >= 0.3 is 0 Å². The summed E-state index contributed by atoms with van der Waals surface area (Å²) in [7, 11) is -2.19. The van der Waals surface area contributed by atoms with E-state index in [0.717, 1.165) is 0 Å². The number of ether oxygens (including phenoxy) is 3. The van der Waals surface area contributed by atoms with Gasteiger partial charge in [-0.1, -0.05) is 0 Å². The van der Waals surface area contributed by atoms with E-state index >= 15 is 0 Å². The number of anilines is 1. The van der Waals surface area contributed by atoms with Crippen LogP contribution in [0.2, 0.25) is 0 Å². The molecule has 1 aliphatic rings. The monoisotopic (exact) mass is 392 g/mol. The molecule has 0 aromatic heterocycles. The molecule has 8 nitrogen and oxygen atoms in total. The number of carbonyl (C=O) groups excluding carboxylic acids is 1. The molecule has 2 aromatic carbocycles. The minimum absolute atomic E-state index is 0.0111. The first kappa shape index (κ1) is 19.0. The molecule has 9 heteroatoms. The third-order valence-corrected chi connectivity index (χ3v) is 5.44. The fourth-order valence-electron chi connectivity index (χ4n) is 2.60. The molecule has 3 rings (SSSR count). The molecule has 144 valence electrons. The van der Waals surface area contributed by atoms with Crippen LogP contribution in [0.4, 0.5) is 5.69 Å². The van der Waals surface area contributed by atoms with Gasteiger partial charge in [-0.15, -0.1) is 0 Å². The van der Waals surface area contributed by atoms with Crippen LogP contribution in [-0.4, -0.2) is 34.8 Å². The first-order chi connectivity index (χ1) is 12.9. The van der Waals surface area contributed by atoms with E-state index in [0.29, 0.717) is 28.5 Å². The molecule has 2 aromatic rings. The maximum Gasteiger partial charge on any atom is 0.240 e. The lowest BCUT2D eigenvalue weighted by Crippen LogP contribution is -2.28. The number of benzene rings is 2. The summed E-state index contributed by atoms with van der Waals surface area (Å²) in [6, 6.07) is 9.62. The Morgan fingerprint density at radius 2 is 1.93 bits per heavy atom. The van der Waals surface area contributed by atoms with Gasteiger partial charge in [-0.2, -0.15) is 0 Å². The van der Waals surface area contributed by atoms with E-state index < -0.39 is 10.0 Å². The van der Waals surface area contributed by atoms with Gasteiger partial charge in [0.2, 0.25) is 22.7 Å². The Morgan fingerprint density at radius 1 is 1.15 bits per heavy atom. The van der Waals surface area contributed by atoms with Crippen molar-refractivity contribution >= 4 is 21.6 Å². The molecule has 0 unspecified atom stereocenters. The van der Waals surface area contributed by atoms with E-state index in [1.54, 1.807) is 31.2 Å². The van der Waals surface area contributed by atoms with Gasteiger partial charge < -0.3 is 19.5 Å². The predicted octanol–water partition coefficient (Wildman–Crippen LogP) is 2.04. The minimum atomic E-state index is -3.71. The molecule has 0 bridgehead atoms. The van der Waals surface area contributed by atoms with E-state index in [4.69, 9.17) is 14.2 Å². The van der Waals surface area contributed by atoms with E-state index in [-0.39, 0.29) is 30.6 Å². The number of fused-ring (bicyclic) bond motifs is 1. The predicted molar refractivity (Wildman–Crippen MR) is 98.7 cm³/mol. The van der Waals surface area contributed by atoms with Gasteiger partial charge in [0.1, 0.15) is 5.75 Å². The summed E-state index contributed by atoms with van der Waals surface area (Å²) >= 11 is 0. The molecular formula is C18H20N2O6S. The zero-order chi connectivity index (χ0) is 19.4. The second-order valence-corrected chi connectivity index (χ2v) is 7.66. The maximum atomic E-state index is 12.3. The fourth-order valence-corrected chi connectivity index (χ4v) is 3.71. The highest BCUT2D eigenvalue weighted by atomic mass is 32.2. The first-order valence-electron chi connectivity index (χ1n) is 8.23. The van der Waals surface area contributed by atoms with E-state index in [1.165, 1.54) is 19.2 Å². The summed E-state index contributed by atoms with van der Waals surface area (Å²) in [6.07, 6.45) is -0.0111. The molecule has 1 amide bonds. The van der Waals surface area contributed by atoms with Crippen molar-refractivity contribution in [1.29, 1.82) is 0 Å². The largest absolute Gasteiger partial charge is 0.496 e. The number of hydrogen-bond acceptors (Lipinski definition) is 6. The highest BCUT2D eigenvalue weighted by Crippen LogP contribution is 2.34. The zero-order valence-electron chi connectivity index (χ0n) is 14.9. The number of methoxy groups -OCH3 is 1. The Hall–Kier alpha value is -2.78. The van der Waals surface area contributed by atoms with Crippen LogP contribution in [0.25, 0.3) is 0 Å². The average molecular weight is 392 g/mol. The molecule has 0 spiro atoms. The Bertz CT molecular complexity index is 958. The summed E-state index contributed by atoms with van der Waals surface area (Å²) in [4.78, 5) is 12.2. The number of carbonyl (C=O) groups is 1. The van der Waals surface area contributed by atoms with Crippen molar-refractivity contribution in [1.82, 2.24) is 4.72 Å². The van der Waals surface area contributed by atoms with Crippen molar-refractivity contribution in [3.8, 4) is 17.2 Å². The van der Waals surface area contributed by atoms with Crippen LogP contribution in [-0.2, 0) is 14.8 Å². The zero-order valence-corrected chi connectivity index (χ0v) is 15.8. The SMILES string of the molecule is COc1ccc(S(=O)(=O)NCCC(=O)Nc2ccc3c(c2)OCO3)cc1C. The molecule has 1 heterocycles. The van der Waals surface area contributed by atoms with Crippen molar-refractivity contribution in [2.24, 2.45) is 0 Å². The van der Waals surface area contributed by atoms with Crippen LogP contribution in [0.1, 0.15) is 12.0 Å². The average Bonchev–Trinajstić information content (AvgIpc) is 3.09. The number of rotatable bonds is 7. The van der Waals surface area contributed by atoms with Gasteiger partial charge in [0.05, 0.1) is 12.0 Å². The molecule has 0 saturated carbocycles. The maximum absolute atomic E-state index is 12.3. The first-order valence-corrected chi connectivity index (χ1v) is 9.71. The third kappa shape index (κ3) is 4.50. The van der Waals surface area contributed by atoms with Gasteiger partial charge in [0.25, 0.3) is 0 Å². The molecule has 0 atom stereocenters. The summed E-state index contributed by atoms with van der Waals surface area (Å²) in [6.45, 7) is 1.89. The molecule has 0 radical (unpaired) electrons. The highest BCUT2D eigenvalue weighted by Gasteiger charge is 2.17. The molecule has 0 aliphatic carbocycles. The number of nitrogens with one attached hydrogen (secondary N) is 2. The van der Waals surface area contributed by atoms with E-state index in [9.17, 15) is 13.2 Å². The van der Waals surface area contributed by atoms with Crippen LogP contribution < -0.4 is 24.2 Å². The molecule has 27 heavy (non-hydrogen) atoms. The topological polar surface area (TPSA) is 103 Å². The van der Waals surface area contributed by atoms with Crippen LogP contribution in [0.5, 0.6) is 17.2 Å². The smallest absolute Gasteiger partial charge is 0.240 e. The lowest BCUT2D eigenvalue weighted by atomic mass is 10.2. The number of aryl methyl sites for hydroxylation is 1. The number of hydrogen-bond donors (Lipinski definition) is 2. The van der Waals surface area contributed by atoms with Crippen LogP contribution in [0.3, 0.4) is 0 Å². The van der Waals surface area contributed by atoms with E-state index in [2.05, 4.69) is 10.0 Å². The Kier molecular flexibility index (Phi) is 5.52. The molecule has 0 saturated heterocycles. The summed E-state index contributed by atoms with van der Waals surface area (Å²) in [5.41, 5.74) is 1.26. The van der Waals surface area contributed by atoms with Crippen LogP contribution in [0.15, 0.2) is 41.3 Å². The van der Waals surface area contributed by atoms with Crippen molar-refractivity contribution in [2.75, 3.05) is 25.8 Å². The molecular weight excluding hydrogens is 372 g/mol. The third-order valence-electron chi connectivity index (χ3n) is 3.98. The van der Waals surface area contributed by atoms with Gasteiger partial charge in [-0.25, -0.2) is 13.1 Å². The second-order valence-electron chi connectivity index (χ2n) is 5.90. The van der Waals surface area contributed by atoms with Crippen LogP contribution in [0, 0.1) is 6.92 Å². The Morgan fingerprint density at radius 3 is 2.67 bits per heavy atom. The lowest BCUT2D eigenvalue weighted by molar-refractivity contribution is -0.116. The molecule has 2 N–H and O–H groups in total. The van der Waals surface area contributed by atoms with E-state index in [1.807, 2.05) is 0 Å². The Balaban J connectivity index is 1.54. The van der Waals surface area contributed by atoms with Crippen LogP contribution >= 0.6 is 0 Å². The normalized spacial score (nSPS) is 12.7. The minimum Gasteiger partial charge on any atom is -0.496 e. The van der Waals surface area contributed by atoms with Gasteiger partial charge in [0, 0.05) is 24.7 Å². The van der Waals surface area contributed by atoms with Crippen molar-refractivity contribution in [3.05, 3.63) is 42.0 Å². The van der Waals surface area contributed by atoms with Crippen molar-refractivity contribution in [3.63, 3.8) is 0 Å².